The van der Waals surface area contributed by atoms with E-state index in [1.165, 1.54) is 5.56 Å². The van der Waals surface area contributed by atoms with Crippen LogP contribution in [0, 0.1) is 0 Å². The Hall–Kier alpha value is -2.63. The molecule has 2 heterocycles. The zero-order valence-electron chi connectivity index (χ0n) is 17.2. The summed E-state index contributed by atoms with van der Waals surface area (Å²) in [5.41, 5.74) is 2.92. The van der Waals surface area contributed by atoms with Crippen LogP contribution < -0.4 is 5.32 Å². The van der Waals surface area contributed by atoms with Crippen LogP contribution in [-0.4, -0.2) is 53.8 Å². The van der Waals surface area contributed by atoms with Crippen LogP contribution in [0.25, 0.3) is 10.9 Å². The van der Waals surface area contributed by atoms with Gasteiger partial charge in [-0.2, -0.15) is 0 Å². The van der Waals surface area contributed by atoms with Gasteiger partial charge in [-0.3, -0.25) is 9.69 Å². The predicted octanol–water partition coefficient (Wildman–Crippen LogP) is 3.53. The van der Waals surface area contributed by atoms with Gasteiger partial charge in [-0.1, -0.05) is 48.5 Å². The van der Waals surface area contributed by atoms with Crippen molar-refractivity contribution < 1.29 is 9.53 Å². The minimum Gasteiger partial charge on any atom is -0.379 e. The second kappa shape index (κ2) is 8.39. The molecule has 1 saturated heterocycles. The van der Waals surface area contributed by atoms with Crippen molar-refractivity contribution >= 4 is 16.8 Å². The average molecular weight is 392 g/mol. The van der Waals surface area contributed by atoms with E-state index in [1.807, 2.05) is 42.6 Å². The number of rotatable bonds is 6. The highest BCUT2D eigenvalue weighted by atomic mass is 16.5. The van der Waals surface area contributed by atoms with E-state index < -0.39 is 0 Å². The van der Waals surface area contributed by atoms with E-state index in [2.05, 4.69) is 46.8 Å². The van der Waals surface area contributed by atoms with E-state index in [1.54, 1.807) is 0 Å². The second-order valence-corrected chi connectivity index (χ2v) is 8.27. The van der Waals surface area contributed by atoms with Gasteiger partial charge in [0.25, 0.3) is 5.91 Å². The van der Waals surface area contributed by atoms with Crippen molar-refractivity contribution in [2.24, 2.45) is 0 Å². The Bertz CT molecular complexity index is 972. The van der Waals surface area contributed by atoms with E-state index >= 15 is 0 Å². The molecule has 0 atom stereocenters. The third-order valence-electron chi connectivity index (χ3n) is 5.78. The van der Waals surface area contributed by atoms with E-state index in [0.717, 1.165) is 49.3 Å². The molecule has 0 radical (unpaired) electrons. The number of carbonyl (C=O) groups excluding carboxylic acids is 1. The highest BCUT2D eigenvalue weighted by Gasteiger charge is 2.29. The monoisotopic (exact) mass is 391 g/mol. The van der Waals surface area contributed by atoms with E-state index in [9.17, 15) is 4.79 Å². The number of benzene rings is 2. The summed E-state index contributed by atoms with van der Waals surface area (Å²) in [5, 5.41) is 4.16. The minimum atomic E-state index is -0.109. The average Bonchev–Trinajstić information content (AvgIpc) is 3.12. The molecular formula is C24H29N3O2. The number of hydrogen-bond donors (Lipinski definition) is 1. The molecule has 1 amide bonds. The lowest BCUT2D eigenvalue weighted by atomic mass is 10.0. The molecule has 4 rings (SSSR count). The van der Waals surface area contributed by atoms with Crippen LogP contribution in [0.2, 0.25) is 0 Å². The topological polar surface area (TPSA) is 46.5 Å². The lowest BCUT2D eigenvalue weighted by Gasteiger charge is -2.40. The van der Waals surface area contributed by atoms with E-state index in [0.29, 0.717) is 6.54 Å². The van der Waals surface area contributed by atoms with Gasteiger partial charge in [-0.15, -0.1) is 0 Å². The van der Waals surface area contributed by atoms with Crippen LogP contribution in [0.1, 0.15) is 29.8 Å². The largest absolute Gasteiger partial charge is 0.379 e. The van der Waals surface area contributed by atoms with Gasteiger partial charge in [0, 0.05) is 48.8 Å². The first-order valence-corrected chi connectivity index (χ1v) is 10.3. The van der Waals surface area contributed by atoms with Gasteiger partial charge in [0.05, 0.1) is 18.8 Å². The van der Waals surface area contributed by atoms with Crippen molar-refractivity contribution in [2.45, 2.75) is 25.9 Å². The van der Waals surface area contributed by atoms with Gasteiger partial charge < -0.3 is 14.6 Å². The number of hydrogen-bond acceptors (Lipinski definition) is 3. The van der Waals surface area contributed by atoms with Crippen LogP contribution in [0.15, 0.2) is 60.8 Å². The number of ether oxygens (including phenoxy) is 1. The summed E-state index contributed by atoms with van der Waals surface area (Å²) >= 11 is 0. The number of carbonyl (C=O) groups is 1. The molecule has 1 fully saturated rings. The van der Waals surface area contributed by atoms with E-state index in [4.69, 9.17) is 4.74 Å². The molecule has 5 heteroatoms. The Morgan fingerprint density at radius 2 is 1.72 bits per heavy atom. The molecule has 1 N–H and O–H groups in total. The Labute approximate surface area is 172 Å². The fourth-order valence-corrected chi connectivity index (χ4v) is 4.01. The van der Waals surface area contributed by atoms with Crippen LogP contribution >= 0.6 is 0 Å². The summed E-state index contributed by atoms with van der Waals surface area (Å²) in [7, 11) is 0. The summed E-state index contributed by atoms with van der Waals surface area (Å²) in [6.07, 6.45) is 1.98. The normalized spacial score (nSPS) is 15.5. The molecule has 0 spiro atoms. The zero-order valence-corrected chi connectivity index (χ0v) is 17.2. The van der Waals surface area contributed by atoms with Gasteiger partial charge in [-0.05, 0) is 25.5 Å². The first-order chi connectivity index (χ1) is 14.0. The number of para-hydroxylation sites is 1. The number of nitrogens with zero attached hydrogens (tertiary/aromatic N) is 2. The Morgan fingerprint density at radius 1 is 1.03 bits per heavy atom. The van der Waals surface area contributed by atoms with Crippen molar-refractivity contribution in [1.29, 1.82) is 0 Å². The summed E-state index contributed by atoms with van der Waals surface area (Å²) in [6, 6.07) is 18.4. The van der Waals surface area contributed by atoms with Crippen molar-refractivity contribution in [2.75, 3.05) is 32.8 Å². The van der Waals surface area contributed by atoms with Gasteiger partial charge in [0.15, 0.2) is 0 Å². The standard InChI is InChI=1S/C24H29N3O2/c1-24(2,27-12-14-29-15-13-27)18-25-23(28)21-17-26(16-19-8-4-3-5-9-19)22-11-7-6-10-20(21)22/h3-11,17H,12-16,18H2,1-2H3,(H,25,28). The Kier molecular flexibility index (Phi) is 5.69. The third-order valence-corrected chi connectivity index (χ3v) is 5.78. The van der Waals surface area contributed by atoms with E-state index in [-0.39, 0.29) is 11.4 Å². The van der Waals surface area contributed by atoms with Crippen LogP contribution in [-0.2, 0) is 11.3 Å². The highest BCUT2D eigenvalue weighted by molar-refractivity contribution is 6.07. The van der Waals surface area contributed by atoms with Crippen molar-refractivity contribution in [3.05, 3.63) is 71.9 Å². The molecule has 2 aromatic carbocycles. The molecule has 1 aromatic heterocycles. The summed E-state index contributed by atoms with van der Waals surface area (Å²) < 4.78 is 7.62. The van der Waals surface area contributed by atoms with Crippen LogP contribution in [0.3, 0.4) is 0 Å². The Balaban J connectivity index is 1.53. The highest BCUT2D eigenvalue weighted by Crippen LogP contribution is 2.23. The molecular weight excluding hydrogens is 362 g/mol. The van der Waals surface area contributed by atoms with Gasteiger partial charge >= 0.3 is 0 Å². The summed E-state index contributed by atoms with van der Waals surface area (Å²) in [4.78, 5) is 15.5. The van der Waals surface area contributed by atoms with Crippen LogP contribution in [0.4, 0.5) is 0 Å². The molecule has 5 nitrogen and oxygen atoms in total. The fourth-order valence-electron chi connectivity index (χ4n) is 4.01. The summed E-state index contributed by atoms with van der Waals surface area (Å²) in [5.74, 6) is -0.0191. The molecule has 152 valence electrons. The van der Waals surface area contributed by atoms with Gasteiger partial charge in [0.1, 0.15) is 0 Å². The smallest absolute Gasteiger partial charge is 0.253 e. The van der Waals surface area contributed by atoms with Crippen LogP contribution in [0.5, 0.6) is 0 Å². The first kappa shape index (κ1) is 19.7. The number of aromatic nitrogens is 1. The maximum absolute atomic E-state index is 13.1. The number of nitrogens with one attached hydrogen (secondary N) is 1. The maximum atomic E-state index is 13.1. The maximum Gasteiger partial charge on any atom is 0.253 e. The zero-order chi connectivity index (χ0) is 20.3. The summed E-state index contributed by atoms with van der Waals surface area (Å²) in [6.45, 7) is 9.01. The molecule has 1 aliphatic heterocycles. The molecule has 0 aliphatic carbocycles. The van der Waals surface area contributed by atoms with Crippen molar-refractivity contribution in [3.63, 3.8) is 0 Å². The number of fused-ring (bicyclic) bond motifs is 1. The predicted molar refractivity (Wildman–Crippen MR) is 116 cm³/mol. The minimum absolute atomic E-state index is 0.0191. The fraction of sp³-hybridized carbons (Fsp3) is 0.375. The lowest BCUT2D eigenvalue weighted by Crippen LogP contribution is -2.55. The lowest BCUT2D eigenvalue weighted by molar-refractivity contribution is -0.00922. The number of morpholine rings is 1. The Morgan fingerprint density at radius 3 is 2.48 bits per heavy atom. The molecule has 3 aromatic rings. The SMILES string of the molecule is CC(C)(CNC(=O)c1cn(Cc2ccccc2)c2ccccc12)N1CCOCC1. The third kappa shape index (κ3) is 4.36. The second-order valence-electron chi connectivity index (χ2n) is 8.27. The first-order valence-electron chi connectivity index (χ1n) is 10.3. The number of amides is 1. The molecule has 0 saturated carbocycles. The molecule has 0 unspecified atom stereocenters. The molecule has 0 bridgehead atoms. The quantitative estimate of drug-likeness (QED) is 0.699. The van der Waals surface area contributed by atoms with Crippen molar-refractivity contribution in [1.82, 2.24) is 14.8 Å². The van der Waals surface area contributed by atoms with Gasteiger partial charge in [-0.25, -0.2) is 0 Å². The van der Waals surface area contributed by atoms with Gasteiger partial charge in [0.2, 0.25) is 0 Å². The molecule has 1 aliphatic rings. The molecule has 29 heavy (non-hydrogen) atoms. The van der Waals surface area contributed by atoms with Crippen molar-refractivity contribution in [3.8, 4) is 0 Å².